The second-order valence-corrected chi connectivity index (χ2v) is 10.4. The predicted molar refractivity (Wildman–Crippen MR) is 97.2 cm³/mol. The fourth-order valence-corrected chi connectivity index (χ4v) is 4.82. The molecule has 28 heavy (non-hydrogen) atoms. The molecule has 0 aliphatic carbocycles. The topological polar surface area (TPSA) is 82.5 Å². The first kappa shape index (κ1) is 28.4. The third-order valence-electron chi connectivity index (χ3n) is 5.73. The number of hydroxylamine groups is 4. The molecule has 9 heteroatoms. The number of hydrogen-bond acceptors (Lipinski definition) is 7. The molecular weight excluding hydrogens is 709 g/mol. The van der Waals surface area contributed by atoms with E-state index in [1.807, 2.05) is 55.4 Å². The average Bonchev–Trinajstić information content (AvgIpc) is 2.40. The Balaban J connectivity index is 0.00000364. The van der Waals surface area contributed by atoms with E-state index in [0.29, 0.717) is 25.7 Å². The summed E-state index contributed by atoms with van der Waals surface area (Å²) in [5.41, 5.74) is -1.95. The van der Waals surface area contributed by atoms with Gasteiger partial charge in [-0.3, -0.25) is 0 Å². The minimum absolute atomic E-state index is 0. The number of carbonyl (C=O) groups excluding carboxylic acids is 1. The van der Waals surface area contributed by atoms with Gasteiger partial charge in [-0.25, -0.2) is 4.79 Å². The van der Waals surface area contributed by atoms with Crippen LogP contribution in [0.25, 0.3) is 0 Å². The number of ether oxygens (including phenoxy) is 2. The molecule has 0 aromatic rings. The summed E-state index contributed by atoms with van der Waals surface area (Å²) in [5, 5.41) is 23.4. The second kappa shape index (κ2) is 9.29. The Morgan fingerprint density at radius 1 is 0.679 bits per heavy atom. The van der Waals surface area contributed by atoms with Crippen molar-refractivity contribution in [2.45, 2.75) is 115 Å². The third kappa shape index (κ3) is 6.22. The fraction of sp³-hybridized carbons (Fsp3) is 0.947. The molecule has 0 saturated carbocycles. The van der Waals surface area contributed by atoms with Gasteiger partial charge in [0.05, 0.1) is 0 Å². The molecule has 2 N–H and O–H groups in total. The van der Waals surface area contributed by atoms with E-state index in [1.165, 1.54) is 10.1 Å². The van der Waals surface area contributed by atoms with Crippen molar-refractivity contribution >= 4 is 6.16 Å². The van der Waals surface area contributed by atoms with E-state index in [-0.39, 0.29) is 53.1 Å². The molecule has 2 saturated heterocycles. The number of piperidine rings is 2. The van der Waals surface area contributed by atoms with Crippen molar-refractivity contribution in [3.63, 3.8) is 0 Å². The zero-order valence-corrected chi connectivity index (χ0v) is 23.7. The summed E-state index contributed by atoms with van der Waals surface area (Å²) in [5.74, 6) is 0. The van der Waals surface area contributed by atoms with Gasteiger partial charge < -0.3 is 19.9 Å². The molecule has 2 fully saturated rings. The molecule has 2 rings (SSSR count). The molecule has 0 spiro atoms. The molecule has 0 bridgehead atoms. The van der Waals surface area contributed by atoms with Crippen molar-refractivity contribution in [1.82, 2.24) is 10.1 Å². The zero-order valence-electron chi connectivity index (χ0n) is 18.3. The van der Waals surface area contributed by atoms with Gasteiger partial charge in [-0.1, -0.05) is 0 Å². The van der Waals surface area contributed by atoms with Crippen LogP contribution < -0.4 is 0 Å². The van der Waals surface area contributed by atoms with Crippen molar-refractivity contribution in [2.24, 2.45) is 0 Å². The van der Waals surface area contributed by atoms with Crippen LogP contribution in [0.4, 0.5) is 4.79 Å². The van der Waals surface area contributed by atoms with Crippen LogP contribution in [0.2, 0.25) is 0 Å². The van der Waals surface area contributed by atoms with Gasteiger partial charge in [-0.05, 0) is 55.4 Å². The van der Waals surface area contributed by atoms with Gasteiger partial charge >= 0.3 is 6.16 Å². The summed E-state index contributed by atoms with van der Waals surface area (Å²) in [7, 11) is 0. The zero-order chi connectivity index (χ0) is 20.1. The van der Waals surface area contributed by atoms with Crippen LogP contribution in [-0.2, 0) is 50.3 Å². The third-order valence-corrected chi connectivity index (χ3v) is 5.73. The fourth-order valence-electron chi connectivity index (χ4n) is 4.82. The minimum atomic E-state index is -0.670. The second-order valence-electron chi connectivity index (χ2n) is 10.4. The summed E-state index contributed by atoms with van der Waals surface area (Å²) in [6, 6.07) is 0. The van der Waals surface area contributed by atoms with Gasteiger partial charge in [-0.15, -0.1) is 0 Å². The Hall–Kier alpha value is 0.435. The van der Waals surface area contributed by atoms with Crippen LogP contribution in [0.15, 0.2) is 0 Å². The largest absolute Gasteiger partial charge is 0.508 e. The maximum atomic E-state index is 12.4. The van der Waals surface area contributed by atoms with Crippen LogP contribution in [0.5, 0.6) is 0 Å². The van der Waals surface area contributed by atoms with Gasteiger partial charge in [-0.2, -0.15) is 10.1 Å². The van der Waals surface area contributed by atoms with Crippen LogP contribution in [0.1, 0.15) is 81.1 Å². The normalized spacial score (nSPS) is 27.2. The molecule has 0 aromatic carbocycles. The predicted octanol–water partition coefficient (Wildman–Crippen LogP) is 3.96. The van der Waals surface area contributed by atoms with Gasteiger partial charge in [0, 0.05) is 88.7 Å². The number of rotatable bonds is 2. The quantitative estimate of drug-likeness (QED) is 0.415. The Morgan fingerprint density at radius 3 is 1.11 bits per heavy atom. The monoisotopic (exact) mass is 746 g/mol. The first-order valence-corrected chi connectivity index (χ1v) is 9.43. The van der Waals surface area contributed by atoms with E-state index in [4.69, 9.17) is 9.47 Å². The SMILES string of the molecule is CC1(C)CC(OC(=O)OC2CC(C)(C)N(O)C(C)(C)C2)CC(C)(C)N1O.[Re].[Re]. The van der Waals surface area contributed by atoms with Gasteiger partial charge in [0.1, 0.15) is 12.2 Å². The van der Waals surface area contributed by atoms with Crippen LogP contribution in [-0.4, -0.2) is 61.1 Å². The Labute approximate surface area is 196 Å². The first-order chi connectivity index (χ1) is 11.6. The smallest absolute Gasteiger partial charge is 0.431 e. The Morgan fingerprint density at radius 2 is 0.893 bits per heavy atom. The van der Waals surface area contributed by atoms with Crippen molar-refractivity contribution in [3.8, 4) is 0 Å². The van der Waals surface area contributed by atoms with E-state index < -0.39 is 28.3 Å². The number of carbonyl (C=O) groups is 1. The maximum Gasteiger partial charge on any atom is 0.508 e. The summed E-state index contributed by atoms with van der Waals surface area (Å²) in [4.78, 5) is 12.4. The number of hydrogen-bond donors (Lipinski definition) is 2. The van der Waals surface area contributed by atoms with Crippen molar-refractivity contribution in [1.29, 1.82) is 0 Å². The van der Waals surface area contributed by atoms with E-state index in [1.54, 1.807) is 0 Å². The molecule has 7 nitrogen and oxygen atoms in total. The van der Waals surface area contributed by atoms with Crippen LogP contribution in [0.3, 0.4) is 0 Å². The summed E-state index contributed by atoms with van der Waals surface area (Å²) in [6.07, 6.45) is 0.852. The molecule has 2 heterocycles. The molecule has 2 aliphatic rings. The van der Waals surface area contributed by atoms with E-state index in [2.05, 4.69) is 0 Å². The molecule has 0 unspecified atom stereocenters. The molecule has 2 radical (unpaired) electrons. The molecule has 2 aliphatic heterocycles. The first-order valence-electron chi connectivity index (χ1n) is 9.43. The Kier molecular flexibility index (Phi) is 9.43. The van der Waals surface area contributed by atoms with E-state index in [0.717, 1.165) is 0 Å². The van der Waals surface area contributed by atoms with E-state index in [9.17, 15) is 15.2 Å². The molecule has 0 aromatic heterocycles. The van der Waals surface area contributed by atoms with Gasteiger partial charge in [0.15, 0.2) is 0 Å². The van der Waals surface area contributed by atoms with Crippen LogP contribution in [0, 0.1) is 0 Å². The molecule has 166 valence electrons. The average molecular weight is 745 g/mol. The summed E-state index contributed by atoms with van der Waals surface area (Å²) < 4.78 is 11.2. The van der Waals surface area contributed by atoms with Crippen LogP contribution >= 0.6 is 0 Å². The van der Waals surface area contributed by atoms with Gasteiger partial charge in [0.25, 0.3) is 0 Å². The standard InChI is InChI=1S/C19H36N2O5.2Re/c1-16(2)9-13(10-17(3,4)20(16)23)25-15(22)26-14-11-18(5,6)21(24)19(7,8)12-14;;/h13-14,23-24H,9-12H2,1-8H3;;. The molecule has 0 atom stereocenters. The Bertz CT molecular complexity index is 472. The summed E-state index contributed by atoms with van der Waals surface area (Å²) in [6.45, 7) is 15.4. The van der Waals surface area contributed by atoms with Gasteiger partial charge in [0.2, 0.25) is 0 Å². The van der Waals surface area contributed by atoms with Crippen molar-refractivity contribution in [2.75, 3.05) is 0 Å². The molecular formula is C19H36N2O5Re2. The van der Waals surface area contributed by atoms with E-state index >= 15 is 0 Å². The molecule has 0 amide bonds. The number of nitrogens with zero attached hydrogens (tertiary/aromatic N) is 2. The maximum absolute atomic E-state index is 12.4. The summed E-state index contributed by atoms with van der Waals surface area (Å²) >= 11 is 0. The minimum Gasteiger partial charge on any atom is -0.431 e. The van der Waals surface area contributed by atoms with Crippen molar-refractivity contribution in [3.05, 3.63) is 0 Å². The van der Waals surface area contributed by atoms with Crippen molar-refractivity contribution < 1.29 is 65.5 Å².